The number of aliphatic carboxylic acids is 1. The van der Waals surface area contributed by atoms with Crippen LogP contribution < -0.4 is 0 Å². The van der Waals surface area contributed by atoms with E-state index in [0.717, 1.165) is 25.5 Å². The quantitative estimate of drug-likeness (QED) is 0.454. The Balaban J connectivity index is 3.02. The van der Waals surface area contributed by atoms with Crippen molar-refractivity contribution < 1.29 is 19.4 Å². The fourth-order valence-electron chi connectivity index (χ4n) is 0.767. The number of carboxylic acids is 1. The molecule has 0 unspecified atom stereocenters. The van der Waals surface area contributed by atoms with Crippen LogP contribution in [0.2, 0.25) is 0 Å². The van der Waals surface area contributed by atoms with E-state index >= 15 is 0 Å². The highest BCUT2D eigenvalue weighted by Gasteiger charge is 1.88. The third-order valence-electron chi connectivity index (χ3n) is 1.49. The first-order chi connectivity index (χ1) is 6.77. The van der Waals surface area contributed by atoms with Gasteiger partial charge in [0.1, 0.15) is 0 Å². The summed E-state index contributed by atoms with van der Waals surface area (Å²) in [7, 11) is 0. The lowest BCUT2D eigenvalue weighted by Gasteiger charge is -2.02. The molecule has 1 N–H and O–H groups in total. The molecule has 0 aliphatic heterocycles. The molecular weight excluding hydrogens is 184 g/mol. The van der Waals surface area contributed by atoms with E-state index < -0.39 is 5.97 Å². The van der Waals surface area contributed by atoms with Gasteiger partial charge in [-0.05, 0) is 6.42 Å². The predicted molar refractivity (Wildman–Crippen MR) is 53.3 cm³/mol. The van der Waals surface area contributed by atoms with Gasteiger partial charge in [0.2, 0.25) is 0 Å². The number of hydrogen-bond donors (Lipinski definition) is 1. The largest absolute Gasteiger partial charge is 0.478 e. The van der Waals surface area contributed by atoms with Crippen LogP contribution in [0.5, 0.6) is 0 Å². The molecule has 14 heavy (non-hydrogen) atoms. The van der Waals surface area contributed by atoms with E-state index in [-0.39, 0.29) is 0 Å². The van der Waals surface area contributed by atoms with E-state index in [9.17, 15) is 4.79 Å². The summed E-state index contributed by atoms with van der Waals surface area (Å²) in [5.41, 5.74) is 0. The first-order valence-corrected chi connectivity index (χ1v) is 4.82. The molecule has 4 heteroatoms. The maximum absolute atomic E-state index is 10.0. The van der Waals surface area contributed by atoms with Crippen molar-refractivity contribution in [3.8, 4) is 0 Å². The van der Waals surface area contributed by atoms with Crippen molar-refractivity contribution in [3.05, 3.63) is 12.2 Å². The van der Waals surface area contributed by atoms with Crippen LogP contribution in [0, 0.1) is 0 Å². The van der Waals surface area contributed by atoms with Crippen molar-refractivity contribution in [1.29, 1.82) is 0 Å². The number of hydrogen-bond acceptors (Lipinski definition) is 3. The van der Waals surface area contributed by atoms with Crippen molar-refractivity contribution in [2.24, 2.45) is 0 Å². The minimum absolute atomic E-state index is 0.323. The molecule has 0 spiro atoms. The van der Waals surface area contributed by atoms with Crippen LogP contribution in [0.25, 0.3) is 0 Å². The Bertz CT molecular complexity index is 166. The van der Waals surface area contributed by atoms with Gasteiger partial charge in [0, 0.05) is 12.7 Å². The Morgan fingerprint density at radius 2 is 2.00 bits per heavy atom. The number of carbonyl (C=O) groups is 1. The van der Waals surface area contributed by atoms with E-state index in [4.69, 9.17) is 14.6 Å². The van der Waals surface area contributed by atoms with Gasteiger partial charge in [-0.25, -0.2) is 4.79 Å². The molecule has 0 fully saturated rings. The fraction of sp³-hybridized carbons (Fsp3) is 0.700. The second-order valence-corrected chi connectivity index (χ2v) is 2.78. The van der Waals surface area contributed by atoms with E-state index in [0.29, 0.717) is 19.8 Å². The molecule has 0 aliphatic rings. The summed E-state index contributed by atoms with van der Waals surface area (Å²) < 4.78 is 10.3. The summed E-state index contributed by atoms with van der Waals surface area (Å²) in [6.07, 6.45) is 4.73. The molecule has 0 aromatic carbocycles. The lowest BCUT2D eigenvalue weighted by atomic mass is 10.4. The Kier molecular flexibility index (Phi) is 9.58. The maximum Gasteiger partial charge on any atom is 0.328 e. The fourth-order valence-corrected chi connectivity index (χ4v) is 0.767. The summed E-state index contributed by atoms with van der Waals surface area (Å²) in [5.74, 6) is -0.951. The predicted octanol–water partition coefficient (Wildman–Crippen LogP) is 1.46. The van der Waals surface area contributed by atoms with Gasteiger partial charge in [0.05, 0.1) is 19.8 Å². The van der Waals surface area contributed by atoms with Crippen molar-refractivity contribution >= 4 is 5.97 Å². The molecule has 0 atom stereocenters. The summed E-state index contributed by atoms with van der Waals surface area (Å²) in [5, 5.41) is 8.25. The Labute approximate surface area is 84.5 Å². The number of unbranched alkanes of at least 4 members (excludes halogenated alkanes) is 1. The zero-order chi connectivity index (χ0) is 10.6. The van der Waals surface area contributed by atoms with Gasteiger partial charge in [0.15, 0.2) is 0 Å². The van der Waals surface area contributed by atoms with Crippen LogP contribution in [-0.2, 0) is 14.3 Å². The topological polar surface area (TPSA) is 55.8 Å². The highest BCUT2D eigenvalue weighted by Crippen LogP contribution is 1.87. The molecule has 0 rings (SSSR count). The van der Waals surface area contributed by atoms with Crippen molar-refractivity contribution in [2.45, 2.75) is 19.8 Å². The highest BCUT2D eigenvalue weighted by molar-refractivity contribution is 5.79. The van der Waals surface area contributed by atoms with Gasteiger partial charge in [-0.15, -0.1) is 0 Å². The summed E-state index contributed by atoms with van der Waals surface area (Å²) in [6.45, 7) is 4.28. The molecule has 0 saturated heterocycles. The van der Waals surface area contributed by atoms with Crippen LogP contribution in [0.15, 0.2) is 12.2 Å². The summed E-state index contributed by atoms with van der Waals surface area (Å²) in [4.78, 5) is 10.0. The molecule has 0 heterocycles. The van der Waals surface area contributed by atoms with E-state index in [1.54, 1.807) is 0 Å². The first kappa shape index (κ1) is 13.1. The van der Waals surface area contributed by atoms with Gasteiger partial charge in [-0.1, -0.05) is 19.4 Å². The van der Waals surface area contributed by atoms with Gasteiger partial charge >= 0.3 is 5.97 Å². The SMILES string of the molecule is CCCCOCCOCC=CC(=O)O. The summed E-state index contributed by atoms with van der Waals surface area (Å²) in [6, 6.07) is 0. The van der Waals surface area contributed by atoms with E-state index in [1.807, 2.05) is 0 Å². The maximum atomic E-state index is 10.0. The smallest absolute Gasteiger partial charge is 0.328 e. The zero-order valence-corrected chi connectivity index (χ0v) is 8.57. The van der Waals surface area contributed by atoms with Crippen LogP contribution in [0.1, 0.15) is 19.8 Å². The Morgan fingerprint density at radius 3 is 2.64 bits per heavy atom. The lowest BCUT2D eigenvalue weighted by Crippen LogP contribution is -2.05. The second-order valence-electron chi connectivity index (χ2n) is 2.78. The monoisotopic (exact) mass is 202 g/mol. The standard InChI is InChI=1S/C10H18O4/c1-2-3-6-13-8-9-14-7-4-5-10(11)12/h4-5H,2-3,6-9H2,1H3,(H,11,12). The molecular formula is C10H18O4. The number of ether oxygens (including phenoxy) is 2. The minimum atomic E-state index is -0.951. The van der Waals surface area contributed by atoms with Crippen LogP contribution in [-0.4, -0.2) is 37.5 Å². The van der Waals surface area contributed by atoms with Crippen molar-refractivity contribution in [1.82, 2.24) is 0 Å². The number of carboxylic acid groups (broad SMARTS) is 1. The summed E-state index contributed by atoms with van der Waals surface area (Å²) >= 11 is 0. The third kappa shape index (κ3) is 11.1. The molecule has 0 saturated carbocycles. The molecule has 0 bridgehead atoms. The van der Waals surface area contributed by atoms with Crippen LogP contribution in [0.3, 0.4) is 0 Å². The Hall–Kier alpha value is -0.870. The van der Waals surface area contributed by atoms with E-state index in [1.165, 1.54) is 6.08 Å². The van der Waals surface area contributed by atoms with Gasteiger partial charge in [-0.3, -0.25) is 0 Å². The Morgan fingerprint density at radius 1 is 1.29 bits per heavy atom. The normalized spacial score (nSPS) is 10.9. The lowest BCUT2D eigenvalue weighted by molar-refractivity contribution is -0.131. The van der Waals surface area contributed by atoms with E-state index in [2.05, 4.69) is 6.92 Å². The minimum Gasteiger partial charge on any atom is -0.478 e. The van der Waals surface area contributed by atoms with Crippen molar-refractivity contribution in [2.75, 3.05) is 26.4 Å². The molecule has 0 radical (unpaired) electrons. The van der Waals surface area contributed by atoms with Gasteiger partial charge in [0.25, 0.3) is 0 Å². The molecule has 4 nitrogen and oxygen atoms in total. The highest BCUT2D eigenvalue weighted by atomic mass is 16.5. The third-order valence-corrected chi connectivity index (χ3v) is 1.49. The van der Waals surface area contributed by atoms with Gasteiger partial charge in [-0.2, -0.15) is 0 Å². The molecule has 0 amide bonds. The average molecular weight is 202 g/mol. The second kappa shape index (κ2) is 10.2. The molecule has 0 aromatic rings. The van der Waals surface area contributed by atoms with Crippen LogP contribution >= 0.6 is 0 Å². The average Bonchev–Trinajstić information content (AvgIpc) is 2.15. The first-order valence-electron chi connectivity index (χ1n) is 4.82. The number of rotatable bonds is 9. The van der Waals surface area contributed by atoms with Crippen LogP contribution in [0.4, 0.5) is 0 Å². The molecule has 82 valence electrons. The van der Waals surface area contributed by atoms with Crippen molar-refractivity contribution in [3.63, 3.8) is 0 Å². The molecule has 0 aromatic heterocycles. The molecule has 0 aliphatic carbocycles. The zero-order valence-electron chi connectivity index (χ0n) is 8.57. The van der Waals surface area contributed by atoms with Gasteiger partial charge < -0.3 is 14.6 Å².